The Kier molecular flexibility index (Phi) is 8.63. The van der Waals surface area contributed by atoms with Gasteiger partial charge < -0.3 is 35.4 Å². The topological polar surface area (TPSA) is 136 Å². The van der Waals surface area contributed by atoms with Gasteiger partial charge in [-0.05, 0) is 72.2 Å². The van der Waals surface area contributed by atoms with E-state index in [1.807, 2.05) is 48.5 Å². The molecule has 2 aliphatic rings. The number of rotatable bonds is 10. The van der Waals surface area contributed by atoms with Crippen molar-refractivity contribution in [1.82, 2.24) is 10.2 Å². The number of nitrogens with two attached hydrogens (primary N) is 1. The number of carbonyl (C=O) groups is 2. The van der Waals surface area contributed by atoms with Gasteiger partial charge in [0, 0.05) is 18.7 Å². The Morgan fingerprint density at radius 1 is 1.02 bits per heavy atom. The molecule has 2 amide bonds. The molecule has 42 heavy (non-hydrogen) atoms. The summed E-state index contributed by atoms with van der Waals surface area (Å²) in [7, 11) is 3.17. The summed E-state index contributed by atoms with van der Waals surface area (Å²) in [4.78, 5) is 33.4. The van der Waals surface area contributed by atoms with Crippen molar-refractivity contribution in [2.75, 3.05) is 20.8 Å². The van der Waals surface area contributed by atoms with Gasteiger partial charge in [0.15, 0.2) is 11.4 Å². The molecule has 1 heterocycles. The summed E-state index contributed by atoms with van der Waals surface area (Å²) in [6.07, 6.45) is 2.32. The first-order valence-electron chi connectivity index (χ1n) is 14.0. The number of hydrogen-bond donors (Lipinski definition) is 3. The second-order valence-electron chi connectivity index (χ2n) is 10.6. The average Bonchev–Trinajstić information content (AvgIpc) is 3.00. The van der Waals surface area contributed by atoms with E-state index in [2.05, 4.69) is 10.5 Å². The number of methoxy groups -OCH3 is 2. The maximum atomic E-state index is 13.6. The minimum Gasteiger partial charge on any atom is -0.497 e. The van der Waals surface area contributed by atoms with Crippen molar-refractivity contribution in [3.05, 3.63) is 94.5 Å². The highest BCUT2D eigenvalue weighted by Gasteiger charge is 2.49. The second-order valence-corrected chi connectivity index (χ2v) is 10.6. The molecule has 3 aromatic carbocycles. The zero-order valence-electron chi connectivity index (χ0n) is 23.8. The first-order valence-corrected chi connectivity index (χ1v) is 14.0. The summed E-state index contributed by atoms with van der Waals surface area (Å²) >= 11 is 0. The molecule has 10 nitrogen and oxygen atoms in total. The molecule has 10 heteroatoms. The summed E-state index contributed by atoms with van der Waals surface area (Å²) in [5.41, 5.74) is 8.39. The van der Waals surface area contributed by atoms with Gasteiger partial charge in [0.2, 0.25) is 5.91 Å². The Hall–Kier alpha value is -4.57. The van der Waals surface area contributed by atoms with Gasteiger partial charge in [0.25, 0.3) is 5.91 Å². The molecule has 5 rings (SSSR count). The third kappa shape index (κ3) is 6.03. The number of oxime groups is 1. The molecule has 220 valence electrons. The van der Waals surface area contributed by atoms with Crippen molar-refractivity contribution in [2.45, 2.75) is 50.5 Å². The molecule has 0 saturated carbocycles. The number of ether oxygens (including phenoxy) is 2. The molecule has 4 N–H and O–H groups in total. The molecule has 0 radical (unpaired) electrons. The lowest BCUT2D eigenvalue weighted by Crippen LogP contribution is -2.62. The van der Waals surface area contributed by atoms with Gasteiger partial charge in [-0.15, -0.1) is 0 Å². The molecule has 0 aromatic heterocycles. The molecule has 2 unspecified atom stereocenters. The molecule has 1 saturated heterocycles. The highest BCUT2D eigenvalue weighted by atomic mass is 16.6. The molecule has 0 spiro atoms. The van der Waals surface area contributed by atoms with Gasteiger partial charge in [-0.1, -0.05) is 47.6 Å². The van der Waals surface area contributed by atoms with Crippen LogP contribution in [0.3, 0.4) is 0 Å². The Bertz CT molecular complexity index is 1460. The molecule has 0 bridgehead atoms. The standard InChI is InChI=1S/C32H36N4O6/c1-40-25-12-7-22(8-13-25)20-42-35-29(33)24-9-5-21(6-10-24)19-34-30(37)28-15-17-36(28)31(38)32(39)16-3-4-23-11-14-26(41-2)18-27(23)32/h5-14,18,28,39H,3-4,15-17,19-20H2,1-2H3,(H2,33,35)(H,34,37). The highest BCUT2D eigenvalue weighted by molar-refractivity contribution is 5.97. The average molecular weight is 573 g/mol. The van der Waals surface area contributed by atoms with Gasteiger partial charge in [0.05, 0.1) is 14.2 Å². The largest absolute Gasteiger partial charge is 0.497 e. The van der Waals surface area contributed by atoms with Crippen molar-refractivity contribution in [2.24, 2.45) is 10.9 Å². The predicted octanol–water partition coefficient (Wildman–Crippen LogP) is 2.98. The summed E-state index contributed by atoms with van der Waals surface area (Å²) in [6, 6.07) is 19.6. The van der Waals surface area contributed by atoms with E-state index in [9.17, 15) is 14.7 Å². The number of likely N-dealkylation sites (tertiary alicyclic amines) is 1. The van der Waals surface area contributed by atoms with Crippen LogP contribution in [0, 0.1) is 0 Å². The lowest BCUT2D eigenvalue weighted by Gasteiger charge is -2.45. The van der Waals surface area contributed by atoms with E-state index in [-0.39, 0.29) is 24.9 Å². The van der Waals surface area contributed by atoms with E-state index in [0.29, 0.717) is 42.7 Å². The van der Waals surface area contributed by atoms with E-state index in [1.165, 1.54) is 4.90 Å². The molecule has 3 aromatic rings. The van der Waals surface area contributed by atoms with Crippen LogP contribution in [0.25, 0.3) is 0 Å². The Morgan fingerprint density at radius 2 is 1.71 bits per heavy atom. The first-order chi connectivity index (χ1) is 20.3. The molecule has 1 aliphatic heterocycles. The molecule has 1 fully saturated rings. The van der Waals surface area contributed by atoms with Crippen LogP contribution in [0.5, 0.6) is 11.5 Å². The molecule has 1 aliphatic carbocycles. The number of aliphatic hydroxyl groups is 1. The minimum absolute atomic E-state index is 0.238. The van der Waals surface area contributed by atoms with Gasteiger partial charge in [-0.3, -0.25) is 9.59 Å². The van der Waals surface area contributed by atoms with Crippen LogP contribution in [0.4, 0.5) is 0 Å². The van der Waals surface area contributed by atoms with Crippen LogP contribution in [0.1, 0.15) is 47.1 Å². The predicted molar refractivity (Wildman–Crippen MR) is 157 cm³/mol. The lowest BCUT2D eigenvalue weighted by molar-refractivity contribution is -0.166. The third-order valence-electron chi connectivity index (χ3n) is 7.95. The van der Waals surface area contributed by atoms with E-state index < -0.39 is 17.6 Å². The number of amidine groups is 1. The smallest absolute Gasteiger partial charge is 0.259 e. The number of benzene rings is 3. The van der Waals surface area contributed by atoms with Crippen molar-refractivity contribution in [3.63, 3.8) is 0 Å². The number of hydrogen-bond acceptors (Lipinski definition) is 7. The number of carbonyl (C=O) groups excluding carboxylic acids is 2. The fourth-order valence-corrected chi connectivity index (χ4v) is 5.37. The first kappa shape index (κ1) is 28.9. The van der Waals surface area contributed by atoms with E-state index in [4.69, 9.17) is 20.0 Å². The number of nitrogens with zero attached hydrogens (tertiary/aromatic N) is 2. The summed E-state index contributed by atoms with van der Waals surface area (Å²) in [5.74, 6) is 0.901. The van der Waals surface area contributed by atoms with E-state index in [1.54, 1.807) is 32.4 Å². The number of fused-ring (bicyclic) bond motifs is 1. The summed E-state index contributed by atoms with van der Waals surface area (Å²) < 4.78 is 10.5. The van der Waals surface area contributed by atoms with Crippen LogP contribution < -0.4 is 20.5 Å². The van der Waals surface area contributed by atoms with Crippen molar-refractivity contribution < 1.29 is 29.0 Å². The van der Waals surface area contributed by atoms with Crippen LogP contribution in [-0.2, 0) is 39.6 Å². The third-order valence-corrected chi connectivity index (χ3v) is 7.95. The van der Waals surface area contributed by atoms with Gasteiger partial charge >= 0.3 is 0 Å². The Balaban J connectivity index is 1.14. The van der Waals surface area contributed by atoms with Crippen molar-refractivity contribution in [3.8, 4) is 11.5 Å². The lowest BCUT2D eigenvalue weighted by atomic mass is 9.77. The van der Waals surface area contributed by atoms with Crippen molar-refractivity contribution in [1.29, 1.82) is 0 Å². The van der Waals surface area contributed by atoms with Gasteiger partial charge in [-0.2, -0.15) is 0 Å². The van der Waals surface area contributed by atoms with Gasteiger partial charge in [0.1, 0.15) is 24.1 Å². The Morgan fingerprint density at radius 3 is 2.38 bits per heavy atom. The minimum atomic E-state index is -1.67. The van der Waals surface area contributed by atoms with Crippen LogP contribution in [0.15, 0.2) is 71.9 Å². The molecule has 2 atom stereocenters. The van der Waals surface area contributed by atoms with Gasteiger partial charge in [-0.25, -0.2) is 0 Å². The van der Waals surface area contributed by atoms with Crippen molar-refractivity contribution >= 4 is 17.6 Å². The summed E-state index contributed by atoms with van der Waals surface area (Å²) in [5, 5.41) is 18.5. The normalized spacial score (nSPS) is 19.7. The van der Waals surface area contributed by atoms with Crippen LogP contribution >= 0.6 is 0 Å². The maximum Gasteiger partial charge on any atom is 0.259 e. The zero-order valence-corrected chi connectivity index (χ0v) is 23.8. The Labute approximate surface area is 245 Å². The molecular formula is C32H36N4O6. The monoisotopic (exact) mass is 572 g/mol. The maximum absolute atomic E-state index is 13.6. The van der Waals surface area contributed by atoms with E-state index >= 15 is 0 Å². The SMILES string of the molecule is COc1ccc(CO/N=C(\N)c2ccc(CNC(=O)C3CCN3C(=O)C3(O)CCCc4ccc(OC)cc43)cc2)cc1. The highest BCUT2D eigenvalue weighted by Crippen LogP contribution is 2.40. The number of aryl methyl sites for hydroxylation is 1. The number of amides is 2. The van der Waals surface area contributed by atoms with Crippen LogP contribution in [0.2, 0.25) is 0 Å². The zero-order chi connectivity index (χ0) is 29.7. The van der Waals surface area contributed by atoms with E-state index in [0.717, 1.165) is 28.9 Å². The summed E-state index contributed by atoms with van der Waals surface area (Å²) in [6.45, 7) is 0.979. The molecular weight excluding hydrogens is 536 g/mol. The quantitative estimate of drug-likeness (QED) is 0.193. The fraction of sp³-hybridized carbons (Fsp3) is 0.344. The second kappa shape index (κ2) is 12.5. The fourth-order valence-electron chi connectivity index (χ4n) is 5.37. The van der Waals surface area contributed by atoms with Crippen LogP contribution in [-0.4, -0.2) is 54.5 Å². The number of nitrogens with one attached hydrogen (secondary N) is 1.